The summed E-state index contributed by atoms with van der Waals surface area (Å²) >= 11 is 0. The Morgan fingerprint density at radius 1 is 1.24 bits per heavy atom. The third kappa shape index (κ3) is 2.86. The summed E-state index contributed by atoms with van der Waals surface area (Å²) < 4.78 is 0. The highest BCUT2D eigenvalue weighted by molar-refractivity contribution is 5.58. The van der Waals surface area contributed by atoms with Gasteiger partial charge in [0.15, 0.2) is 5.82 Å². The van der Waals surface area contributed by atoms with Crippen molar-refractivity contribution in [3.63, 3.8) is 0 Å². The third-order valence-corrected chi connectivity index (χ3v) is 4.47. The maximum Gasteiger partial charge on any atom is 0.169 e. The van der Waals surface area contributed by atoms with Crippen molar-refractivity contribution in [1.29, 1.82) is 5.26 Å². The molecule has 0 spiro atoms. The van der Waals surface area contributed by atoms with Crippen LogP contribution in [0.2, 0.25) is 0 Å². The van der Waals surface area contributed by atoms with Gasteiger partial charge < -0.3 is 9.80 Å². The molecule has 2 unspecified atom stereocenters. The average Bonchev–Trinajstić information content (AvgIpc) is 2.87. The Hall–Kier alpha value is -1.67. The molecule has 1 saturated heterocycles. The molecule has 0 bridgehead atoms. The molecule has 1 aromatic rings. The molecule has 2 rings (SSSR count). The van der Waals surface area contributed by atoms with E-state index in [0.717, 1.165) is 48.6 Å². The van der Waals surface area contributed by atoms with Crippen molar-refractivity contribution >= 4 is 5.82 Å². The van der Waals surface area contributed by atoms with Crippen LogP contribution in [0.1, 0.15) is 37.6 Å². The van der Waals surface area contributed by atoms with E-state index in [9.17, 15) is 5.26 Å². The molecular weight excluding hydrogens is 262 g/mol. The van der Waals surface area contributed by atoms with Gasteiger partial charge in [0.1, 0.15) is 11.6 Å². The summed E-state index contributed by atoms with van der Waals surface area (Å²) in [6.07, 6.45) is 1.65. The maximum atomic E-state index is 9.60. The van der Waals surface area contributed by atoms with Gasteiger partial charge in [-0.15, -0.1) is 5.10 Å². The van der Waals surface area contributed by atoms with Gasteiger partial charge in [0.25, 0.3) is 0 Å². The molecule has 0 aliphatic carbocycles. The van der Waals surface area contributed by atoms with E-state index in [-0.39, 0.29) is 0 Å². The van der Waals surface area contributed by atoms with Crippen LogP contribution in [-0.4, -0.2) is 48.3 Å². The zero-order chi connectivity index (χ0) is 15.6. The van der Waals surface area contributed by atoms with Gasteiger partial charge in [-0.05, 0) is 38.4 Å². The second-order valence-electron chi connectivity index (χ2n) is 6.06. The maximum absolute atomic E-state index is 9.60. The Morgan fingerprint density at radius 2 is 1.95 bits per heavy atom. The van der Waals surface area contributed by atoms with Crippen LogP contribution in [-0.2, 0) is 12.8 Å². The molecule has 2 heterocycles. The molecule has 5 nitrogen and oxygen atoms in total. The van der Waals surface area contributed by atoms with Crippen LogP contribution in [0.25, 0.3) is 0 Å². The number of rotatable bonds is 4. The summed E-state index contributed by atoms with van der Waals surface area (Å²) in [5.74, 6) is 1.33. The van der Waals surface area contributed by atoms with E-state index in [4.69, 9.17) is 0 Å². The number of nitriles is 1. The Labute approximate surface area is 127 Å². The largest absolute Gasteiger partial charge is 0.352 e. The van der Waals surface area contributed by atoms with Gasteiger partial charge in [0.2, 0.25) is 0 Å². The summed E-state index contributed by atoms with van der Waals surface area (Å²) in [5.41, 5.74) is 2.73. The van der Waals surface area contributed by atoms with Crippen molar-refractivity contribution in [3.05, 3.63) is 16.8 Å². The number of anilines is 1. The average molecular weight is 287 g/mol. The summed E-state index contributed by atoms with van der Waals surface area (Å²) in [7, 11) is 4.22. The minimum Gasteiger partial charge on any atom is -0.352 e. The van der Waals surface area contributed by atoms with E-state index in [1.807, 2.05) is 0 Å². The Bertz CT molecular complexity index is 546. The highest BCUT2D eigenvalue weighted by Crippen LogP contribution is 2.29. The molecule has 0 radical (unpaired) electrons. The standard InChI is InChI=1S/C16H25N5/c1-6-12-13(8-17)16(19-18-14(12)7-2)21-9-11(3)15(10-21)20(4)5/h11,15H,6-7,9-10H2,1-5H3. The van der Waals surface area contributed by atoms with Crippen LogP contribution < -0.4 is 4.90 Å². The van der Waals surface area contributed by atoms with Crippen LogP contribution in [0, 0.1) is 17.2 Å². The van der Waals surface area contributed by atoms with E-state index in [0.29, 0.717) is 12.0 Å². The Morgan fingerprint density at radius 3 is 2.43 bits per heavy atom. The number of hydrogen-bond donors (Lipinski definition) is 0. The van der Waals surface area contributed by atoms with Crippen LogP contribution in [0.15, 0.2) is 0 Å². The zero-order valence-electron chi connectivity index (χ0n) is 13.7. The van der Waals surface area contributed by atoms with Gasteiger partial charge in [0.05, 0.1) is 5.69 Å². The number of aromatic nitrogens is 2. The number of hydrogen-bond acceptors (Lipinski definition) is 5. The lowest BCUT2D eigenvalue weighted by molar-refractivity contribution is 0.266. The van der Waals surface area contributed by atoms with Crippen molar-refractivity contribution in [2.75, 3.05) is 32.1 Å². The number of aryl methyl sites for hydroxylation is 1. The Kier molecular flexibility index (Phi) is 4.79. The zero-order valence-corrected chi connectivity index (χ0v) is 13.7. The summed E-state index contributed by atoms with van der Waals surface area (Å²) in [6.45, 7) is 8.23. The van der Waals surface area contributed by atoms with Crippen molar-refractivity contribution in [2.45, 2.75) is 39.7 Å². The molecule has 1 aliphatic rings. The molecule has 0 amide bonds. The van der Waals surface area contributed by atoms with E-state index in [1.165, 1.54) is 0 Å². The first kappa shape index (κ1) is 15.7. The predicted octanol–water partition coefficient (Wildman–Crippen LogP) is 1.86. The lowest BCUT2D eigenvalue weighted by Gasteiger charge is -2.23. The highest BCUT2D eigenvalue weighted by atomic mass is 15.3. The van der Waals surface area contributed by atoms with Crippen LogP contribution in [0.3, 0.4) is 0 Å². The second-order valence-corrected chi connectivity index (χ2v) is 6.06. The quantitative estimate of drug-likeness (QED) is 0.846. The van der Waals surface area contributed by atoms with Crippen LogP contribution >= 0.6 is 0 Å². The third-order valence-electron chi connectivity index (χ3n) is 4.47. The van der Waals surface area contributed by atoms with Crippen LogP contribution in [0.4, 0.5) is 5.82 Å². The fourth-order valence-electron chi connectivity index (χ4n) is 3.30. The molecular formula is C16H25N5. The first-order valence-electron chi connectivity index (χ1n) is 7.73. The summed E-state index contributed by atoms with van der Waals surface area (Å²) in [5, 5.41) is 18.3. The smallest absolute Gasteiger partial charge is 0.169 e. The fourth-order valence-corrected chi connectivity index (χ4v) is 3.30. The molecule has 1 aromatic heterocycles. The van der Waals surface area contributed by atoms with E-state index in [1.54, 1.807) is 0 Å². The Balaban J connectivity index is 2.40. The molecule has 2 atom stereocenters. The summed E-state index contributed by atoms with van der Waals surface area (Å²) in [4.78, 5) is 4.48. The van der Waals surface area contributed by atoms with Gasteiger partial charge in [-0.3, -0.25) is 0 Å². The first-order chi connectivity index (χ1) is 10.0. The molecule has 5 heteroatoms. The lowest BCUT2D eigenvalue weighted by atomic mass is 10.0. The van der Waals surface area contributed by atoms with Gasteiger partial charge in [-0.1, -0.05) is 20.8 Å². The van der Waals surface area contributed by atoms with Crippen molar-refractivity contribution in [1.82, 2.24) is 15.1 Å². The van der Waals surface area contributed by atoms with Crippen LogP contribution in [0.5, 0.6) is 0 Å². The van der Waals surface area contributed by atoms with Gasteiger partial charge in [-0.2, -0.15) is 10.4 Å². The van der Waals surface area contributed by atoms with Gasteiger partial charge in [-0.25, -0.2) is 0 Å². The number of nitrogens with zero attached hydrogens (tertiary/aromatic N) is 5. The van der Waals surface area contributed by atoms with E-state index in [2.05, 4.69) is 60.9 Å². The van der Waals surface area contributed by atoms with Gasteiger partial charge in [0, 0.05) is 19.1 Å². The molecule has 0 N–H and O–H groups in total. The predicted molar refractivity (Wildman–Crippen MR) is 84.4 cm³/mol. The normalized spacial score (nSPS) is 21.9. The van der Waals surface area contributed by atoms with Crippen molar-refractivity contribution in [2.24, 2.45) is 5.92 Å². The minimum atomic E-state index is 0.495. The molecule has 114 valence electrons. The highest BCUT2D eigenvalue weighted by Gasteiger charge is 2.33. The minimum absolute atomic E-state index is 0.495. The molecule has 21 heavy (non-hydrogen) atoms. The van der Waals surface area contributed by atoms with Gasteiger partial charge >= 0.3 is 0 Å². The summed E-state index contributed by atoms with van der Waals surface area (Å²) in [6, 6.07) is 2.86. The molecule has 0 aromatic carbocycles. The van der Waals surface area contributed by atoms with Crippen molar-refractivity contribution < 1.29 is 0 Å². The number of likely N-dealkylation sites (N-methyl/N-ethyl adjacent to an activating group) is 1. The lowest BCUT2D eigenvalue weighted by Crippen LogP contribution is -2.34. The topological polar surface area (TPSA) is 56.1 Å². The second kappa shape index (κ2) is 6.40. The molecule has 0 saturated carbocycles. The SMILES string of the molecule is CCc1nnc(N2CC(C)C(N(C)C)C2)c(C#N)c1CC. The van der Waals surface area contributed by atoms with Crippen molar-refractivity contribution in [3.8, 4) is 6.07 Å². The molecule has 1 aliphatic heterocycles. The monoisotopic (exact) mass is 287 g/mol. The van der Waals surface area contributed by atoms with E-state index < -0.39 is 0 Å². The molecule has 1 fully saturated rings. The van der Waals surface area contributed by atoms with E-state index >= 15 is 0 Å². The first-order valence-corrected chi connectivity index (χ1v) is 7.73. The fraction of sp³-hybridized carbons (Fsp3) is 0.688.